The van der Waals surface area contributed by atoms with E-state index in [2.05, 4.69) is 129 Å². The van der Waals surface area contributed by atoms with Crippen molar-refractivity contribution in [2.24, 2.45) is 0 Å². The largest absolute Gasteiger partial charge is 0.507 e. The van der Waals surface area contributed by atoms with Crippen LogP contribution in [0.15, 0.2) is 140 Å². The Labute approximate surface area is 400 Å². The number of phenolic OH excluding ortho intramolecular Hbond substituents is 1. The molecule has 2 aromatic heterocycles. The number of rotatable bonds is 13. The number of aromatic hydroxyl groups is 1. The predicted molar refractivity (Wildman–Crippen MR) is 281 cm³/mol. The molecule has 0 radical (unpaired) electrons. The molecule has 0 fully saturated rings. The van der Waals surface area contributed by atoms with Gasteiger partial charge in [-0.1, -0.05) is 155 Å². The standard InChI is InChI=1S/C62H69N3O/c1-13-61(11,14-2)51-23-20-24-52(62(12,15-3)16-4)57(51)45-31-32-54(41(7)35-45)65-55-25-19-22-49(58(55)64-59(65)50-21-17-18-26-56(50)66)46-36-47(38-48(37-46)60(8,9)10)53-39-44(33-34-63-53)43-29-27-42(28-30-43)40(5)6/h17-40,66H,13-16H2,1-12H3/i7D3,40D. The van der Waals surface area contributed by atoms with Crippen molar-refractivity contribution < 1.29 is 10.6 Å². The number of nitrogens with zero attached hydrogens (tertiary/aromatic N) is 3. The van der Waals surface area contributed by atoms with E-state index in [-0.39, 0.29) is 27.6 Å². The molecule has 0 saturated heterocycles. The second kappa shape index (κ2) is 18.2. The minimum atomic E-state index is -2.51. The van der Waals surface area contributed by atoms with E-state index in [0.717, 1.165) is 81.4 Å². The van der Waals surface area contributed by atoms with Crippen molar-refractivity contribution in [1.82, 2.24) is 14.5 Å². The van der Waals surface area contributed by atoms with Crippen LogP contribution in [0.4, 0.5) is 0 Å². The molecule has 0 aliphatic rings. The van der Waals surface area contributed by atoms with Gasteiger partial charge < -0.3 is 5.11 Å². The van der Waals surface area contributed by atoms with Crippen molar-refractivity contribution in [2.75, 3.05) is 0 Å². The number of fused-ring (bicyclic) bond motifs is 1. The molecule has 0 saturated carbocycles. The topological polar surface area (TPSA) is 50.9 Å². The summed E-state index contributed by atoms with van der Waals surface area (Å²) in [4.78, 5) is 10.3. The average Bonchev–Trinajstić information content (AvgIpc) is 3.74. The van der Waals surface area contributed by atoms with Crippen LogP contribution in [0.5, 0.6) is 5.75 Å². The van der Waals surface area contributed by atoms with Gasteiger partial charge in [0.15, 0.2) is 0 Å². The summed E-state index contributed by atoms with van der Waals surface area (Å²) >= 11 is 0. The third-order valence-corrected chi connectivity index (χ3v) is 14.8. The molecule has 8 aromatic rings. The van der Waals surface area contributed by atoms with Gasteiger partial charge in [-0.15, -0.1) is 0 Å². The molecule has 0 spiro atoms. The molecule has 0 atom stereocenters. The third kappa shape index (κ3) is 8.52. The molecule has 8 rings (SSSR count). The number of phenols is 1. The molecule has 4 heteroatoms. The molecule has 0 amide bonds. The smallest absolute Gasteiger partial charge is 0.149 e. The summed E-state index contributed by atoms with van der Waals surface area (Å²) in [6.07, 6.45) is 5.61. The van der Waals surface area contributed by atoms with E-state index in [9.17, 15) is 9.22 Å². The molecule has 0 aliphatic heterocycles. The third-order valence-electron chi connectivity index (χ3n) is 14.8. The van der Waals surface area contributed by atoms with Crippen molar-refractivity contribution in [3.63, 3.8) is 0 Å². The minimum absolute atomic E-state index is 0.0454. The molecule has 2 heterocycles. The number of hydrogen-bond donors (Lipinski definition) is 1. The highest BCUT2D eigenvalue weighted by molar-refractivity contribution is 5.97. The average molecular weight is 876 g/mol. The summed E-state index contributed by atoms with van der Waals surface area (Å²) in [6.45, 7) is 21.5. The van der Waals surface area contributed by atoms with Crippen molar-refractivity contribution in [2.45, 2.75) is 131 Å². The Balaban J connectivity index is 1.38. The van der Waals surface area contributed by atoms with E-state index in [1.165, 1.54) is 11.1 Å². The zero-order chi connectivity index (χ0) is 50.6. The maximum Gasteiger partial charge on any atom is 0.149 e. The first kappa shape index (κ1) is 41.2. The zero-order valence-electron chi connectivity index (χ0n) is 44.9. The first-order valence-corrected chi connectivity index (χ1v) is 23.9. The fourth-order valence-corrected chi connectivity index (χ4v) is 9.57. The summed E-state index contributed by atoms with van der Waals surface area (Å²) < 4.78 is 38.1. The Morgan fingerprint density at radius 1 is 0.621 bits per heavy atom. The first-order chi connectivity index (χ1) is 33.0. The number of aromatic nitrogens is 3. The summed E-state index contributed by atoms with van der Waals surface area (Å²) in [5.41, 5.74) is 14.3. The van der Waals surface area contributed by atoms with Crippen molar-refractivity contribution in [3.05, 3.63) is 167 Å². The Hall–Kier alpha value is -6.26. The van der Waals surface area contributed by atoms with Crippen LogP contribution in [-0.4, -0.2) is 19.6 Å². The van der Waals surface area contributed by atoms with Gasteiger partial charge in [0.05, 0.1) is 28.0 Å². The maximum atomic E-state index is 11.5. The van der Waals surface area contributed by atoms with Crippen LogP contribution in [0.1, 0.15) is 141 Å². The Morgan fingerprint density at radius 2 is 1.24 bits per heavy atom. The quantitative estimate of drug-likeness (QED) is 0.126. The highest BCUT2D eigenvalue weighted by Crippen LogP contribution is 2.47. The molecule has 6 aromatic carbocycles. The van der Waals surface area contributed by atoms with E-state index >= 15 is 0 Å². The van der Waals surface area contributed by atoms with Crippen LogP contribution in [0, 0.1) is 6.85 Å². The molecule has 0 aliphatic carbocycles. The van der Waals surface area contributed by atoms with Crippen molar-refractivity contribution >= 4 is 11.0 Å². The fourth-order valence-electron chi connectivity index (χ4n) is 9.57. The Kier molecular flexibility index (Phi) is 11.4. The lowest BCUT2D eigenvalue weighted by atomic mass is 9.68. The summed E-state index contributed by atoms with van der Waals surface area (Å²) in [5.74, 6) is -0.206. The van der Waals surface area contributed by atoms with Gasteiger partial charge >= 0.3 is 0 Å². The minimum Gasteiger partial charge on any atom is -0.507 e. The van der Waals surface area contributed by atoms with Gasteiger partial charge in [0, 0.05) is 22.8 Å². The van der Waals surface area contributed by atoms with E-state index in [1.807, 2.05) is 79.2 Å². The normalized spacial score (nSPS) is 13.6. The SMILES string of the molecule is [2H]C([2H])([2H])c1cc(-c2c(C(C)(CC)CC)cccc2C(C)(CC)CC)ccc1-n1c(-c2ccccc2O)nc2c(-c3cc(-c4cc(-c5ccc(C([2H])(C)C)cc5)ccn4)cc(C(C)(C)C)c3)cccc21. The van der Waals surface area contributed by atoms with Gasteiger partial charge in [-0.05, 0) is 165 Å². The number of benzene rings is 6. The maximum absolute atomic E-state index is 11.5. The zero-order valence-corrected chi connectivity index (χ0v) is 40.9. The summed E-state index contributed by atoms with van der Waals surface area (Å²) in [5, 5.41) is 11.5. The number of pyridine rings is 1. The molecule has 66 heavy (non-hydrogen) atoms. The molecular weight excluding hydrogens is 803 g/mol. The van der Waals surface area contributed by atoms with Gasteiger partial charge in [0.1, 0.15) is 11.6 Å². The molecular formula is C62H69N3O. The highest BCUT2D eigenvalue weighted by Gasteiger charge is 2.33. The lowest BCUT2D eigenvalue weighted by molar-refractivity contribution is 0.426. The van der Waals surface area contributed by atoms with Crippen LogP contribution in [0.2, 0.25) is 0 Å². The van der Waals surface area contributed by atoms with Gasteiger partial charge in [-0.2, -0.15) is 0 Å². The fraction of sp³-hybridized carbons (Fsp3) is 0.323. The van der Waals surface area contributed by atoms with Gasteiger partial charge in [-0.25, -0.2) is 4.98 Å². The molecule has 0 unspecified atom stereocenters. The second-order valence-electron chi connectivity index (χ2n) is 20.0. The van der Waals surface area contributed by atoms with Crippen molar-refractivity contribution in [3.8, 4) is 67.5 Å². The van der Waals surface area contributed by atoms with Crippen LogP contribution < -0.4 is 0 Å². The van der Waals surface area contributed by atoms with Gasteiger partial charge in [-0.3, -0.25) is 9.55 Å². The lowest BCUT2D eigenvalue weighted by Crippen LogP contribution is -2.25. The van der Waals surface area contributed by atoms with Crippen LogP contribution >= 0.6 is 0 Å². The number of hydrogen-bond acceptors (Lipinski definition) is 3. The number of imidazole rings is 1. The second-order valence-corrected chi connectivity index (χ2v) is 20.0. The monoisotopic (exact) mass is 876 g/mol. The van der Waals surface area contributed by atoms with Crippen LogP contribution in [0.25, 0.3) is 72.7 Å². The van der Waals surface area contributed by atoms with Gasteiger partial charge in [0.25, 0.3) is 0 Å². The predicted octanol–water partition coefficient (Wildman–Crippen LogP) is 17.3. The van der Waals surface area contributed by atoms with E-state index in [4.69, 9.17) is 11.3 Å². The van der Waals surface area contributed by atoms with Crippen molar-refractivity contribution in [1.29, 1.82) is 0 Å². The van der Waals surface area contributed by atoms with E-state index in [1.54, 1.807) is 12.1 Å². The Bertz CT molecular complexity index is 3160. The number of aryl methyl sites for hydroxylation is 1. The molecule has 1 N–H and O–H groups in total. The first-order valence-electron chi connectivity index (χ1n) is 25.9. The highest BCUT2D eigenvalue weighted by atomic mass is 16.3. The van der Waals surface area contributed by atoms with Crippen LogP contribution in [0.3, 0.4) is 0 Å². The summed E-state index contributed by atoms with van der Waals surface area (Å²) in [6, 6.07) is 44.8. The molecule has 338 valence electrons. The lowest BCUT2D eigenvalue weighted by Gasteiger charge is -2.36. The van der Waals surface area contributed by atoms with E-state index in [0.29, 0.717) is 28.1 Å². The van der Waals surface area contributed by atoms with E-state index < -0.39 is 12.7 Å². The molecule has 4 nitrogen and oxygen atoms in total. The van der Waals surface area contributed by atoms with Gasteiger partial charge in [0.2, 0.25) is 0 Å². The molecule has 0 bridgehead atoms. The Morgan fingerprint density at radius 3 is 1.86 bits per heavy atom. The van der Waals surface area contributed by atoms with Crippen LogP contribution in [-0.2, 0) is 16.2 Å². The number of para-hydroxylation sites is 2. The summed E-state index contributed by atoms with van der Waals surface area (Å²) in [7, 11) is 0.